The van der Waals surface area contributed by atoms with Crippen LogP contribution in [0.15, 0.2) is 24.5 Å². The van der Waals surface area contributed by atoms with Crippen LogP contribution in [-0.4, -0.2) is 21.6 Å². The molecule has 5 heteroatoms. The normalized spacial score (nSPS) is 10.3. The Morgan fingerprint density at radius 1 is 1.47 bits per heavy atom. The number of ether oxygens (including phenoxy) is 1. The fraction of sp³-hybridized carbons (Fsp3) is 0.200. The Labute approximate surface area is 92.5 Å². The van der Waals surface area contributed by atoms with Crippen molar-refractivity contribution in [1.29, 1.82) is 0 Å². The molecule has 0 aliphatic heterocycles. The van der Waals surface area contributed by atoms with E-state index in [1.54, 1.807) is 17.9 Å². The minimum Gasteiger partial charge on any atom is -0.497 e. The maximum Gasteiger partial charge on any atom is 0.182 e. The van der Waals surface area contributed by atoms with Crippen LogP contribution < -0.4 is 4.74 Å². The third-order valence-corrected chi connectivity index (χ3v) is 2.36. The molecule has 0 saturated heterocycles. The highest BCUT2D eigenvalue weighted by molar-refractivity contribution is 7.71. The van der Waals surface area contributed by atoms with Crippen LogP contribution in [0.3, 0.4) is 0 Å². The Morgan fingerprint density at radius 3 is 2.87 bits per heavy atom. The number of hydrogen-bond acceptors (Lipinski definition) is 3. The summed E-state index contributed by atoms with van der Waals surface area (Å²) in [5.41, 5.74) is 0.896. The number of aromatic amines is 1. The lowest BCUT2D eigenvalue weighted by Gasteiger charge is -2.06. The molecule has 2 aromatic heterocycles. The molecule has 0 aliphatic carbocycles. The number of nitrogens with one attached hydrogen (secondary N) is 1. The van der Waals surface area contributed by atoms with Gasteiger partial charge in [-0.25, -0.2) is 4.98 Å². The van der Waals surface area contributed by atoms with Crippen molar-refractivity contribution >= 4 is 12.2 Å². The Balaban J connectivity index is 2.58. The number of rotatable bonds is 2. The van der Waals surface area contributed by atoms with Gasteiger partial charge in [0.05, 0.1) is 7.11 Å². The van der Waals surface area contributed by atoms with Crippen molar-refractivity contribution in [3.63, 3.8) is 0 Å². The maximum atomic E-state index is 5.18. The number of H-pyrrole nitrogens is 1. The molecule has 2 heterocycles. The Hall–Kier alpha value is -1.62. The molecule has 4 nitrogen and oxygen atoms in total. The van der Waals surface area contributed by atoms with Crippen LogP contribution >= 0.6 is 12.2 Å². The van der Waals surface area contributed by atoms with E-state index < -0.39 is 0 Å². The minimum absolute atomic E-state index is 0.621. The van der Waals surface area contributed by atoms with Crippen LogP contribution in [0.25, 0.3) is 5.82 Å². The van der Waals surface area contributed by atoms with Crippen molar-refractivity contribution in [3.8, 4) is 11.6 Å². The van der Waals surface area contributed by atoms with Gasteiger partial charge in [0.1, 0.15) is 11.6 Å². The molecule has 2 aromatic rings. The third kappa shape index (κ3) is 1.92. The van der Waals surface area contributed by atoms with Crippen LogP contribution in [0.1, 0.15) is 5.69 Å². The fourth-order valence-corrected chi connectivity index (χ4v) is 1.58. The van der Waals surface area contributed by atoms with E-state index >= 15 is 0 Å². The van der Waals surface area contributed by atoms with Gasteiger partial charge >= 0.3 is 0 Å². The number of aryl methyl sites for hydroxylation is 1. The van der Waals surface area contributed by atoms with Crippen molar-refractivity contribution in [2.24, 2.45) is 0 Å². The fourth-order valence-electron chi connectivity index (χ4n) is 1.36. The second-order valence-corrected chi connectivity index (χ2v) is 3.53. The molecule has 15 heavy (non-hydrogen) atoms. The quantitative estimate of drug-likeness (QED) is 0.791. The van der Waals surface area contributed by atoms with Crippen LogP contribution in [0.2, 0.25) is 0 Å². The summed E-state index contributed by atoms with van der Waals surface area (Å²) >= 11 is 5.12. The molecular weight excluding hydrogens is 210 g/mol. The topological polar surface area (TPSA) is 42.8 Å². The number of nitrogens with zero attached hydrogens (tertiary/aromatic N) is 2. The molecule has 0 radical (unpaired) electrons. The van der Waals surface area contributed by atoms with Crippen LogP contribution in [0.4, 0.5) is 0 Å². The van der Waals surface area contributed by atoms with Gasteiger partial charge in [0, 0.05) is 30.2 Å². The Kier molecular flexibility index (Phi) is 2.55. The third-order valence-electron chi connectivity index (χ3n) is 2.05. The first-order valence-electron chi connectivity index (χ1n) is 4.50. The van der Waals surface area contributed by atoms with Crippen molar-refractivity contribution in [2.75, 3.05) is 7.11 Å². The van der Waals surface area contributed by atoms with E-state index in [1.165, 1.54) is 0 Å². The number of imidazole rings is 1. The van der Waals surface area contributed by atoms with Gasteiger partial charge in [0.15, 0.2) is 4.77 Å². The molecule has 78 valence electrons. The Bertz CT molecular complexity index is 529. The molecule has 0 saturated carbocycles. The number of methoxy groups -OCH3 is 1. The van der Waals surface area contributed by atoms with E-state index in [-0.39, 0.29) is 0 Å². The van der Waals surface area contributed by atoms with Gasteiger partial charge in [-0.1, -0.05) is 0 Å². The lowest BCUT2D eigenvalue weighted by Crippen LogP contribution is -1.98. The van der Waals surface area contributed by atoms with Crippen molar-refractivity contribution in [1.82, 2.24) is 14.5 Å². The van der Waals surface area contributed by atoms with Gasteiger partial charge in [-0.05, 0) is 19.1 Å². The lowest BCUT2D eigenvalue weighted by molar-refractivity contribution is 0.413. The van der Waals surface area contributed by atoms with Crippen LogP contribution in [0, 0.1) is 11.7 Å². The molecule has 0 aliphatic rings. The van der Waals surface area contributed by atoms with E-state index in [9.17, 15) is 0 Å². The largest absolute Gasteiger partial charge is 0.497 e. The molecule has 2 rings (SSSR count). The number of aromatic nitrogens is 3. The predicted molar refractivity (Wildman–Crippen MR) is 60.0 cm³/mol. The number of pyridine rings is 1. The average molecular weight is 221 g/mol. The second-order valence-electron chi connectivity index (χ2n) is 3.14. The summed E-state index contributed by atoms with van der Waals surface area (Å²) in [6.07, 6.45) is 3.61. The molecular formula is C10H11N3OS. The standard InChI is InChI=1S/C10H11N3OS/c1-7-5-8(14-2)6-9(12-7)13-4-3-11-10(13)15/h3-6H,1-2H3,(H,11,15). The summed E-state index contributed by atoms with van der Waals surface area (Å²) in [5, 5.41) is 0. The zero-order chi connectivity index (χ0) is 10.8. The van der Waals surface area contributed by atoms with Gasteiger partial charge in [0.25, 0.3) is 0 Å². The molecule has 0 unspecified atom stereocenters. The molecule has 0 spiro atoms. The SMILES string of the molecule is COc1cc(C)nc(-n2cc[nH]c2=S)c1. The molecule has 0 fully saturated rings. The highest BCUT2D eigenvalue weighted by Crippen LogP contribution is 2.16. The molecule has 1 N–H and O–H groups in total. The van der Waals surface area contributed by atoms with Crippen LogP contribution in [0.5, 0.6) is 5.75 Å². The average Bonchev–Trinajstić information content (AvgIpc) is 2.63. The van der Waals surface area contributed by atoms with E-state index in [1.807, 2.05) is 25.3 Å². The van der Waals surface area contributed by atoms with Gasteiger partial charge < -0.3 is 9.72 Å². The first-order chi connectivity index (χ1) is 7.20. The molecule has 0 atom stereocenters. The summed E-state index contributed by atoms with van der Waals surface area (Å²) in [7, 11) is 1.63. The Morgan fingerprint density at radius 2 is 2.27 bits per heavy atom. The van der Waals surface area contributed by atoms with E-state index in [0.717, 1.165) is 17.3 Å². The molecule has 0 amide bonds. The zero-order valence-electron chi connectivity index (χ0n) is 8.52. The van der Waals surface area contributed by atoms with Gasteiger partial charge in [-0.3, -0.25) is 4.57 Å². The van der Waals surface area contributed by atoms with Gasteiger partial charge in [-0.15, -0.1) is 0 Å². The van der Waals surface area contributed by atoms with Crippen molar-refractivity contribution < 1.29 is 4.74 Å². The van der Waals surface area contributed by atoms with Crippen molar-refractivity contribution in [2.45, 2.75) is 6.92 Å². The van der Waals surface area contributed by atoms with Gasteiger partial charge in [0.2, 0.25) is 0 Å². The highest BCUT2D eigenvalue weighted by Gasteiger charge is 2.03. The maximum absolute atomic E-state index is 5.18. The van der Waals surface area contributed by atoms with Gasteiger partial charge in [-0.2, -0.15) is 0 Å². The first kappa shape index (κ1) is 9.92. The van der Waals surface area contributed by atoms with Crippen molar-refractivity contribution in [3.05, 3.63) is 35.0 Å². The monoisotopic (exact) mass is 221 g/mol. The first-order valence-corrected chi connectivity index (χ1v) is 4.90. The summed E-state index contributed by atoms with van der Waals surface area (Å²) in [6, 6.07) is 3.72. The molecule has 0 bridgehead atoms. The summed E-state index contributed by atoms with van der Waals surface area (Å²) in [4.78, 5) is 7.30. The van der Waals surface area contributed by atoms with E-state index in [2.05, 4.69) is 9.97 Å². The molecule has 0 aromatic carbocycles. The van der Waals surface area contributed by atoms with Crippen LogP contribution in [-0.2, 0) is 0 Å². The summed E-state index contributed by atoms with van der Waals surface area (Å²) in [6.45, 7) is 1.92. The minimum atomic E-state index is 0.621. The summed E-state index contributed by atoms with van der Waals surface area (Å²) < 4.78 is 7.59. The smallest absolute Gasteiger partial charge is 0.182 e. The highest BCUT2D eigenvalue weighted by atomic mass is 32.1. The van der Waals surface area contributed by atoms with E-state index in [4.69, 9.17) is 17.0 Å². The number of hydrogen-bond donors (Lipinski definition) is 1. The zero-order valence-corrected chi connectivity index (χ0v) is 9.34. The second kappa shape index (κ2) is 3.86. The summed E-state index contributed by atoms with van der Waals surface area (Å²) in [5.74, 6) is 1.54. The van der Waals surface area contributed by atoms with E-state index in [0.29, 0.717) is 4.77 Å². The predicted octanol–water partition coefficient (Wildman–Crippen LogP) is 2.25. The lowest BCUT2D eigenvalue weighted by atomic mass is 10.3.